The van der Waals surface area contributed by atoms with Crippen LogP contribution >= 0.6 is 11.3 Å². The molecule has 0 saturated carbocycles. The Bertz CT molecular complexity index is 503. The average Bonchev–Trinajstić information content (AvgIpc) is 2.97. The van der Waals surface area contributed by atoms with Crippen molar-refractivity contribution < 1.29 is 14.7 Å². The van der Waals surface area contributed by atoms with Crippen molar-refractivity contribution in [3.05, 3.63) is 16.1 Å². The predicted octanol–water partition coefficient (Wildman–Crippen LogP) is 2.02. The molecule has 0 radical (unpaired) electrons. The molecular formula is C13H19N3O3S. The highest BCUT2D eigenvalue weighted by atomic mass is 32.1. The smallest absolute Gasteiger partial charge is 0.317 e. The van der Waals surface area contributed by atoms with Crippen LogP contribution in [-0.2, 0) is 4.79 Å². The number of nitrogens with zero attached hydrogens (tertiary/aromatic N) is 2. The maximum atomic E-state index is 12.1. The molecule has 20 heavy (non-hydrogen) atoms. The number of likely N-dealkylation sites (tertiary alicyclic amines) is 1. The van der Waals surface area contributed by atoms with Gasteiger partial charge in [-0.25, -0.2) is 9.78 Å². The van der Waals surface area contributed by atoms with Gasteiger partial charge in [0.05, 0.1) is 6.04 Å². The summed E-state index contributed by atoms with van der Waals surface area (Å²) in [4.78, 5) is 29.8. The normalized spacial score (nSPS) is 19.9. The molecule has 2 heterocycles. The van der Waals surface area contributed by atoms with Gasteiger partial charge in [-0.05, 0) is 26.2 Å². The van der Waals surface area contributed by atoms with Crippen LogP contribution in [0.4, 0.5) is 4.79 Å². The summed E-state index contributed by atoms with van der Waals surface area (Å²) in [7, 11) is 0. The number of hydrogen-bond acceptors (Lipinski definition) is 4. The first kappa shape index (κ1) is 14.8. The number of aromatic nitrogens is 1. The van der Waals surface area contributed by atoms with E-state index in [1.54, 1.807) is 22.4 Å². The van der Waals surface area contributed by atoms with Crippen molar-refractivity contribution in [2.45, 2.75) is 32.7 Å². The lowest BCUT2D eigenvalue weighted by Gasteiger charge is -2.19. The molecule has 2 N–H and O–H groups in total. The first-order valence-corrected chi connectivity index (χ1v) is 7.47. The SMILES string of the molecule is Cc1cnc(C(C)NC(=O)N2CCC(CC(=O)O)C2)s1. The molecule has 1 aliphatic heterocycles. The number of carboxylic acid groups (broad SMARTS) is 1. The van der Waals surface area contributed by atoms with Gasteiger partial charge in [0.25, 0.3) is 0 Å². The molecule has 6 nitrogen and oxygen atoms in total. The highest BCUT2D eigenvalue weighted by molar-refractivity contribution is 7.11. The number of carboxylic acids is 1. The number of amides is 2. The molecule has 7 heteroatoms. The zero-order valence-corrected chi connectivity index (χ0v) is 12.4. The first-order chi connectivity index (χ1) is 9.45. The van der Waals surface area contributed by atoms with Crippen LogP contribution < -0.4 is 5.32 Å². The van der Waals surface area contributed by atoms with Crippen LogP contribution in [0.25, 0.3) is 0 Å². The number of carbonyl (C=O) groups is 2. The highest BCUT2D eigenvalue weighted by Crippen LogP contribution is 2.22. The van der Waals surface area contributed by atoms with Crippen molar-refractivity contribution in [2.24, 2.45) is 5.92 Å². The van der Waals surface area contributed by atoms with Gasteiger partial charge in [0, 0.05) is 30.6 Å². The Morgan fingerprint density at radius 3 is 3.00 bits per heavy atom. The molecule has 0 aliphatic carbocycles. The summed E-state index contributed by atoms with van der Waals surface area (Å²) in [5.41, 5.74) is 0. The number of rotatable bonds is 4. The molecule has 2 amide bonds. The zero-order valence-electron chi connectivity index (χ0n) is 11.6. The number of aryl methyl sites for hydroxylation is 1. The van der Waals surface area contributed by atoms with E-state index in [9.17, 15) is 9.59 Å². The molecule has 0 bridgehead atoms. The van der Waals surface area contributed by atoms with Crippen LogP contribution in [0.2, 0.25) is 0 Å². The minimum Gasteiger partial charge on any atom is -0.481 e. The molecule has 1 aromatic heterocycles. The van der Waals surface area contributed by atoms with Gasteiger partial charge in [-0.1, -0.05) is 0 Å². The summed E-state index contributed by atoms with van der Waals surface area (Å²) in [6.45, 7) is 5.02. The molecule has 2 rings (SSSR count). The minimum absolute atomic E-state index is 0.0654. The Morgan fingerprint density at radius 2 is 2.40 bits per heavy atom. The number of thiazole rings is 1. The van der Waals surface area contributed by atoms with E-state index in [2.05, 4.69) is 10.3 Å². The fourth-order valence-corrected chi connectivity index (χ4v) is 3.12. The minimum atomic E-state index is -0.802. The van der Waals surface area contributed by atoms with Gasteiger partial charge < -0.3 is 15.3 Å². The Morgan fingerprint density at radius 1 is 1.65 bits per heavy atom. The molecule has 2 unspecified atom stereocenters. The summed E-state index contributed by atoms with van der Waals surface area (Å²) in [5, 5.41) is 12.6. The van der Waals surface area contributed by atoms with Gasteiger partial charge in [0.2, 0.25) is 0 Å². The van der Waals surface area contributed by atoms with Gasteiger partial charge in [-0.3, -0.25) is 4.79 Å². The Balaban J connectivity index is 1.85. The van der Waals surface area contributed by atoms with Crippen molar-refractivity contribution >= 4 is 23.3 Å². The van der Waals surface area contributed by atoms with Gasteiger partial charge in [-0.15, -0.1) is 11.3 Å². The van der Waals surface area contributed by atoms with Crippen LogP contribution in [0.5, 0.6) is 0 Å². The van der Waals surface area contributed by atoms with Crippen LogP contribution in [0, 0.1) is 12.8 Å². The first-order valence-electron chi connectivity index (χ1n) is 6.65. The highest BCUT2D eigenvalue weighted by Gasteiger charge is 2.28. The Hall–Kier alpha value is -1.63. The van der Waals surface area contributed by atoms with Crippen molar-refractivity contribution in [1.29, 1.82) is 0 Å². The third kappa shape index (κ3) is 3.69. The van der Waals surface area contributed by atoms with E-state index in [1.165, 1.54) is 0 Å². The largest absolute Gasteiger partial charge is 0.481 e. The van der Waals surface area contributed by atoms with E-state index in [4.69, 9.17) is 5.11 Å². The van der Waals surface area contributed by atoms with Crippen LogP contribution in [0.3, 0.4) is 0 Å². The van der Waals surface area contributed by atoms with Gasteiger partial charge >= 0.3 is 12.0 Å². The van der Waals surface area contributed by atoms with Crippen LogP contribution in [0.15, 0.2) is 6.20 Å². The van der Waals surface area contributed by atoms with Crippen molar-refractivity contribution in [3.8, 4) is 0 Å². The summed E-state index contributed by atoms with van der Waals surface area (Å²) < 4.78 is 0. The van der Waals surface area contributed by atoms with Gasteiger partial charge in [0.1, 0.15) is 5.01 Å². The van der Waals surface area contributed by atoms with E-state index >= 15 is 0 Å². The molecule has 0 spiro atoms. The second-order valence-corrected chi connectivity index (χ2v) is 6.45. The number of carbonyl (C=O) groups excluding carboxylic acids is 1. The summed E-state index contributed by atoms with van der Waals surface area (Å²) >= 11 is 1.57. The maximum absolute atomic E-state index is 12.1. The molecule has 110 valence electrons. The quantitative estimate of drug-likeness (QED) is 0.890. The number of urea groups is 1. The van der Waals surface area contributed by atoms with E-state index in [0.717, 1.165) is 16.3 Å². The van der Waals surface area contributed by atoms with Crippen LogP contribution in [0.1, 0.15) is 35.7 Å². The van der Waals surface area contributed by atoms with E-state index < -0.39 is 5.97 Å². The topological polar surface area (TPSA) is 82.5 Å². The lowest BCUT2D eigenvalue weighted by Crippen LogP contribution is -2.39. The summed E-state index contributed by atoms with van der Waals surface area (Å²) in [5.74, 6) is -0.737. The molecule has 1 aliphatic rings. The molecule has 1 saturated heterocycles. The molecular weight excluding hydrogens is 278 g/mol. The second-order valence-electron chi connectivity index (χ2n) is 5.18. The summed E-state index contributed by atoms with van der Waals surface area (Å²) in [6.07, 6.45) is 2.68. The van der Waals surface area contributed by atoms with Gasteiger partial charge in [-0.2, -0.15) is 0 Å². The second kappa shape index (κ2) is 6.21. The lowest BCUT2D eigenvalue weighted by molar-refractivity contribution is -0.138. The Labute approximate surface area is 121 Å². The maximum Gasteiger partial charge on any atom is 0.317 e. The van der Waals surface area contributed by atoms with E-state index in [1.807, 2.05) is 13.8 Å². The molecule has 1 fully saturated rings. The lowest BCUT2D eigenvalue weighted by atomic mass is 10.1. The van der Waals surface area contributed by atoms with Crippen molar-refractivity contribution in [2.75, 3.05) is 13.1 Å². The van der Waals surface area contributed by atoms with E-state index in [-0.39, 0.29) is 24.4 Å². The molecule has 2 atom stereocenters. The molecule has 1 aromatic rings. The third-order valence-electron chi connectivity index (χ3n) is 3.39. The number of hydrogen-bond donors (Lipinski definition) is 2. The van der Waals surface area contributed by atoms with Crippen LogP contribution in [-0.4, -0.2) is 40.1 Å². The van der Waals surface area contributed by atoms with Crippen molar-refractivity contribution in [3.63, 3.8) is 0 Å². The monoisotopic (exact) mass is 297 g/mol. The summed E-state index contributed by atoms with van der Waals surface area (Å²) in [6, 6.07) is -0.266. The standard InChI is InChI=1S/C13H19N3O3S/c1-8-6-14-12(20-8)9(2)15-13(19)16-4-3-10(7-16)5-11(17)18/h6,9-10H,3-5,7H2,1-2H3,(H,15,19)(H,17,18). The zero-order chi connectivity index (χ0) is 14.7. The Kier molecular flexibility index (Phi) is 4.59. The fourth-order valence-electron chi connectivity index (χ4n) is 2.34. The van der Waals surface area contributed by atoms with Crippen molar-refractivity contribution in [1.82, 2.24) is 15.2 Å². The van der Waals surface area contributed by atoms with Gasteiger partial charge in [0.15, 0.2) is 0 Å². The third-order valence-corrected chi connectivity index (χ3v) is 4.48. The predicted molar refractivity (Wildman–Crippen MR) is 75.7 cm³/mol. The fraction of sp³-hybridized carbons (Fsp3) is 0.615. The molecule has 0 aromatic carbocycles. The number of nitrogens with one attached hydrogen (secondary N) is 1. The number of aliphatic carboxylic acids is 1. The van der Waals surface area contributed by atoms with E-state index in [0.29, 0.717) is 13.1 Å². The average molecular weight is 297 g/mol.